The zero-order chi connectivity index (χ0) is 19.4. The molecule has 2 aromatic carbocycles. The molecule has 0 fully saturated rings. The summed E-state index contributed by atoms with van der Waals surface area (Å²) in [5.74, 6) is 1.07. The Bertz CT molecular complexity index is 928. The second-order valence-corrected chi connectivity index (χ2v) is 6.80. The summed E-state index contributed by atoms with van der Waals surface area (Å²) < 4.78 is 10.9. The second kappa shape index (κ2) is 8.41. The number of ether oxygens (including phenoxy) is 1. The van der Waals surface area contributed by atoms with Gasteiger partial charge >= 0.3 is 0 Å². The quantitative estimate of drug-likeness (QED) is 0.604. The van der Waals surface area contributed by atoms with Gasteiger partial charge in [-0.25, -0.2) is 0 Å². The van der Waals surface area contributed by atoms with E-state index in [-0.39, 0.29) is 12.5 Å². The minimum atomic E-state index is -0.688. The SMILES string of the molecule is C[C@H](Oc1cccc(Cl)c1)C(=O)N(C)Cc1nc(-c2ccc(Cl)cc2)no1. The van der Waals surface area contributed by atoms with Crippen LogP contribution >= 0.6 is 23.2 Å². The molecule has 0 aliphatic heterocycles. The molecule has 1 amide bonds. The molecule has 0 bridgehead atoms. The first-order valence-corrected chi connectivity index (χ1v) is 8.93. The molecule has 0 aliphatic carbocycles. The lowest BCUT2D eigenvalue weighted by molar-refractivity contribution is -0.137. The molecule has 1 heterocycles. The Labute approximate surface area is 166 Å². The third kappa shape index (κ3) is 4.99. The Kier molecular flexibility index (Phi) is 5.98. The van der Waals surface area contributed by atoms with Crippen LogP contribution in [0.25, 0.3) is 11.4 Å². The lowest BCUT2D eigenvalue weighted by Crippen LogP contribution is -2.37. The van der Waals surface area contributed by atoms with Crippen molar-refractivity contribution < 1.29 is 14.1 Å². The number of likely N-dealkylation sites (N-methyl/N-ethyl adjacent to an activating group) is 1. The summed E-state index contributed by atoms with van der Waals surface area (Å²) in [5, 5.41) is 5.11. The van der Waals surface area contributed by atoms with E-state index >= 15 is 0 Å². The third-order valence-corrected chi connectivity index (χ3v) is 4.26. The van der Waals surface area contributed by atoms with Gasteiger partial charge in [-0.3, -0.25) is 4.79 Å². The molecule has 0 saturated heterocycles. The first kappa shape index (κ1) is 19.2. The van der Waals surface area contributed by atoms with Gasteiger partial charge in [0.15, 0.2) is 6.10 Å². The smallest absolute Gasteiger partial charge is 0.263 e. The summed E-state index contributed by atoms with van der Waals surface area (Å²) in [6.07, 6.45) is -0.688. The summed E-state index contributed by atoms with van der Waals surface area (Å²) in [6.45, 7) is 1.84. The van der Waals surface area contributed by atoms with Crippen LogP contribution in [0, 0.1) is 0 Å². The predicted molar refractivity (Wildman–Crippen MR) is 103 cm³/mol. The predicted octanol–water partition coefficient (Wildman–Crippen LogP) is 4.47. The van der Waals surface area contributed by atoms with E-state index in [1.807, 2.05) is 0 Å². The van der Waals surface area contributed by atoms with Crippen LogP contribution in [0.5, 0.6) is 5.75 Å². The van der Waals surface area contributed by atoms with Crippen molar-refractivity contribution in [3.05, 3.63) is 64.5 Å². The summed E-state index contributed by atoms with van der Waals surface area (Å²) in [7, 11) is 1.65. The number of hydrogen-bond donors (Lipinski definition) is 0. The Morgan fingerprint density at radius 3 is 2.63 bits per heavy atom. The van der Waals surface area contributed by atoms with Gasteiger partial charge in [0.05, 0.1) is 6.54 Å². The van der Waals surface area contributed by atoms with E-state index in [0.29, 0.717) is 27.5 Å². The molecule has 1 atom stereocenters. The molecule has 1 aromatic heterocycles. The Morgan fingerprint density at radius 1 is 1.19 bits per heavy atom. The number of rotatable bonds is 6. The van der Waals surface area contributed by atoms with Gasteiger partial charge in [-0.15, -0.1) is 0 Å². The molecule has 0 saturated carbocycles. The molecule has 3 rings (SSSR count). The zero-order valence-electron chi connectivity index (χ0n) is 14.7. The lowest BCUT2D eigenvalue weighted by atomic mass is 10.2. The average molecular weight is 406 g/mol. The summed E-state index contributed by atoms with van der Waals surface area (Å²) in [4.78, 5) is 18.3. The minimum absolute atomic E-state index is 0.169. The van der Waals surface area contributed by atoms with E-state index in [1.165, 1.54) is 4.90 Å². The summed E-state index contributed by atoms with van der Waals surface area (Å²) in [6, 6.07) is 14.0. The number of benzene rings is 2. The number of carbonyl (C=O) groups is 1. The molecule has 0 unspecified atom stereocenters. The normalized spacial score (nSPS) is 11.9. The summed E-state index contributed by atoms with van der Waals surface area (Å²) in [5.41, 5.74) is 0.779. The molecule has 3 aromatic rings. The maximum atomic E-state index is 12.5. The number of halogens is 2. The Balaban J connectivity index is 1.61. The molecule has 0 spiro atoms. The van der Waals surface area contributed by atoms with Crippen LogP contribution in [-0.2, 0) is 11.3 Å². The number of nitrogens with zero attached hydrogens (tertiary/aromatic N) is 3. The van der Waals surface area contributed by atoms with Crippen LogP contribution in [0.2, 0.25) is 10.0 Å². The van der Waals surface area contributed by atoms with Gasteiger partial charge in [0.25, 0.3) is 5.91 Å². The molecular formula is C19H17Cl2N3O3. The van der Waals surface area contributed by atoms with E-state index < -0.39 is 6.10 Å². The van der Waals surface area contributed by atoms with Gasteiger partial charge in [0.1, 0.15) is 5.75 Å². The third-order valence-electron chi connectivity index (χ3n) is 3.78. The van der Waals surface area contributed by atoms with Crippen LogP contribution < -0.4 is 4.74 Å². The van der Waals surface area contributed by atoms with Gasteiger partial charge in [-0.05, 0) is 49.4 Å². The lowest BCUT2D eigenvalue weighted by Gasteiger charge is -2.20. The van der Waals surface area contributed by atoms with Crippen molar-refractivity contribution in [2.75, 3.05) is 7.05 Å². The molecule has 27 heavy (non-hydrogen) atoms. The van der Waals surface area contributed by atoms with Gasteiger partial charge in [-0.2, -0.15) is 4.98 Å². The van der Waals surface area contributed by atoms with Crippen molar-refractivity contribution >= 4 is 29.1 Å². The summed E-state index contributed by atoms with van der Waals surface area (Å²) >= 11 is 11.8. The van der Waals surface area contributed by atoms with E-state index in [9.17, 15) is 4.79 Å². The topological polar surface area (TPSA) is 68.5 Å². The van der Waals surface area contributed by atoms with E-state index in [0.717, 1.165) is 5.56 Å². The van der Waals surface area contributed by atoms with Crippen LogP contribution in [-0.4, -0.2) is 34.1 Å². The number of hydrogen-bond acceptors (Lipinski definition) is 5. The van der Waals surface area contributed by atoms with Crippen LogP contribution in [0.1, 0.15) is 12.8 Å². The first-order chi connectivity index (χ1) is 12.9. The highest BCUT2D eigenvalue weighted by molar-refractivity contribution is 6.30. The van der Waals surface area contributed by atoms with Gasteiger partial charge < -0.3 is 14.2 Å². The fourth-order valence-electron chi connectivity index (χ4n) is 2.42. The maximum Gasteiger partial charge on any atom is 0.263 e. The zero-order valence-corrected chi connectivity index (χ0v) is 16.2. The van der Waals surface area contributed by atoms with E-state index in [2.05, 4.69) is 10.1 Å². The van der Waals surface area contributed by atoms with Crippen molar-refractivity contribution in [1.82, 2.24) is 15.0 Å². The minimum Gasteiger partial charge on any atom is -0.481 e. The molecule has 0 N–H and O–H groups in total. The van der Waals surface area contributed by atoms with Gasteiger partial charge in [0.2, 0.25) is 11.7 Å². The van der Waals surface area contributed by atoms with Crippen molar-refractivity contribution in [2.45, 2.75) is 19.6 Å². The van der Waals surface area contributed by atoms with Crippen molar-refractivity contribution in [1.29, 1.82) is 0 Å². The first-order valence-electron chi connectivity index (χ1n) is 8.18. The number of amides is 1. The largest absolute Gasteiger partial charge is 0.481 e. The standard InChI is InChI=1S/C19H17Cl2N3O3/c1-12(26-16-5-3-4-15(21)10-16)19(25)24(2)11-17-22-18(23-27-17)13-6-8-14(20)9-7-13/h3-10,12H,11H2,1-2H3/t12-/m0/s1. The fourth-order valence-corrected chi connectivity index (χ4v) is 2.73. The van der Waals surface area contributed by atoms with Crippen LogP contribution in [0.15, 0.2) is 53.1 Å². The molecule has 6 nitrogen and oxygen atoms in total. The molecule has 0 radical (unpaired) electrons. The fraction of sp³-hybridized carbons (Fsp3) is 0.211. The number of carbonyl (C=O) groups excluding carboxylic acids is 1. The maximum absolute atomic E-state index is 12.5. The van der Waals surface area contributed by atoms with E-state index in [4.69, 9.17) is 32.5 Å². The second-order valence-electron chi connectivity index (χ2n) is 5.93. The van der Waals surface area contributed by atoms with Gasteiger partial charge in [-0.1, -0.05) is 34.4 Å². The molecule has 8 heteroatoms. The van der Waals surface area contributed by atoms with Crippen molar-refractivity contribution in [3.8, 4) is 17.1 Å². The van der Waals surface area contributed by atoms with Crippen molar-refractivity contribution in [2.24, 2.45) is 0 Å². The average Bonchev–Trinajstić information content (AvgIpc) is 3.10. The highest BCUT2D eigenvalue weighted by Gasteiger charge is 2.21. The molecule has 140 valence electrons. The highest BCUT2D eigenvalue weighted by Crippen LogP contribution is 2.20. The Hall–Kier alpha value is -2.57. The van der Waals surface area contributed by atoms with Crippen molar-refractivity contribution in [3.63, 3.8) is 0 Å². The van der Waals surface area contributed by atoms with E-state index in [1.54, 1.807) is 62.5 Å². The van der Waals surface area contributed by atoms with Gasteiger partial charge in [0, 0.05) is 22.7 Å². The Morgan fingerprint density at radius 2 is 1.93 bits per heavy atom. The number of aromatic nitrogens is 2. The van der Waals surface area contributed by atoms with Crippen LogP contribution in [0.4, 0.5) is 0 Å². The molecular weight excluding hydrogens is 389 g/mol. The monoisotopic (exact) mass is 405 g/mol. The van der Waals surface area contributed by atoms with Crippen LogP contribution in [0.3, 0.4) is 0 Å². The highest BCUT2D eigenvalue weighted by atomic mass is 35.5. The molecule has 0 aliphatic rings.